The largest absolute Gasteiger partial charge is 0.311 e. The van der Waals surface area contributed by atoms with E-state index in [0.29, 0.717) is 16.8 Å². The fraction of sp³-hybridized carbons (Fsp3) is 0.308. The number of carbonyl (C=O) groups excluding carboxylic acids is 3. The van der Waals surface area contributed by atoms with Gasteiger partial charge in [-0.2, -0.15) is 0 Å². The van der Waals surface area contributed by atoms with Crippen molar-refractivity contribution in [3.63, 3.8) is 0 Å². The van der Waals surface area contributed by atoms with Gasteiger partial charge in [-0.25, -0.2) is 0 Å². The number of nitrogens with zero attached hydrogens (tertiary/aromatic N) is 1. The summed E-state index contributed by atoms with van der Waals surface area (Å²) in [6.45, 7) is 1.95. The first kappa shape index (κ1) is 14.0. The van der Waals surface area contributed by atoms with E-state index in [2.05, 4.69) is 0 Å². The maximum Gasteiger partial charge on any atom is 0.252 e. The summed E-state index contributed by atoms with van der Waals surface area (Å²) in [6.07, 6.45) is 0.0980. The summed E-state index contributed by atoms with van der Waals surface area (Å²) < 4.78 is 0. The van der Waals surface area contributed by atoms with Gasteiger partial charge in [-0.1, -0.05) is 6.07 Å². The SMILES string of the molecule is Cc1c(C(=O)Cl)cccc1N1CC(C(=O)Cl)CC1=O. The average Bonchev–Trinajstić information content (AvgIpc) is 2.71. The van der Waals surface area contributed by atoms with Crippen molar-refractivity contribution in [3.05, 3.63) is 29.3 Å². The van der Waals surface area contributed by atoms with Crippen LogP contribution in [-0.2, 0) is 9.59 Å². The van der Waals surface area contributed by atoms with Gasteiger partial charge in [0, 0.05) is 24.2 Å². The minimum atomic E-state index is -0.573. The first-order valence-electron chi connectivity index (χ1n) is 5.71. The van der Waals surface area contributed by atoms with Crippen molar-refractivity contribution in [2.45, 2.75) is 13.3 Å². The predicted octanol–water partition coefficient (Wildman–Crippen LogP) is 2.49. The lowest BCUT2D eigenvalue weighted by Gasteiger charge is -2.19. The predicted molar refractivity (Wildman–Crippen MR) is 72.7 cm³/mol. The van der Waals surface area contributed by atoms with E-state index < -0.39 is 16.4 Å². The van der Waals surface area contributed by atoms with E-state index in [0.717, 1.165) is 0 Å². The van der Waals surface area contributed by atoms with Crippen molar-refractivity contribution < 1.29 is 14.4 Å². The van der Waals surface area contributed by atoms with Crippen LogP contribution in [0.15, 0.2) is 18.2 Å². The van der Waals surface area contributed by atoms with Crippen LogP contribution in [-0.4, -0.2) is 22.9 Å². The fourth-order valence-corrected chi connectivity index (χ4v) is 2.57. The molecule has 0 spiro atoms. The number of hydrogen-bond acceptors (Lipinski definition) is 3. The van der Waals surface area contributed by atoms with E-state index in [1.165, 1.54) is 4.90 Å². The number of anilines is 1. The number of amides is 1. The monoisotopic (exact) mass is 299 g/mol. The third-order valence-corrected chi connectivity index (χ3v) is 3.77. The molecular formula is C13H11Cl2NO3. The molecule has 1 aliphatic rings. The van der Waals surface area contributed by atoms with Crippen LogP contribution in [0, 0.1) is 12.8 Å². The smallest absolute Gasteiger partial charge is 0.252 e. The Morgan fingerprint density at radius 2 is 2.00 bits per heavy atom. The fourth-order valence-electron chi connectivity index (χ4n) is 2.22. The van der Waals surface area contributed by atoms with Crippen molar-refractivity contribution in [1.29, 1.82) is 0 Å². The molecule has 1 aliphatic heterocycles. The second-order valence-electron chi connectivity index (χ2n) is 4.43. The molecule has 1 fully saturated rings. The maximum absolute atomic E-state index is 11.9. The zero-order valence-corrected chi connectivity index (χ0v) is 11.7. The van der Waals surface area contributed by atoms with Crippen LogP contribution in [0.4, 0.5) is 5.69 Å². The third-order valence-electron chi connectivity index (χ3n) is 3.25. The molecule has 4 nitrogen and oxygen atoms in total. The molecule has 1 aromatic rings. The minimum Gasteiger partial charge on any atom is -0.311 e. The summed E-state index contributed by atoms with van der Waals surface area (Å²) in [7, 11) is 0. The highest BCUT2D eigenvalue weighted by atomic mass is 35.5. The van der Waals surface area contributed by atoms with Crippen molar-refractivity contribution in [2.24, 2.45) is 5.92 Å². The van der Waals surface area contributed by atoms with Crippen LogP contribution in [0.2, 0.25) is 0 Å². The molecule has 1 atom stereocenters. The number of carbonyl (C=O) groups is 3. The highest BCUT2D eigenvalue weighted by Crippen LogP contribution is 2.30. The molecule has 19 heavy (non-hydrogen) atoms. The van der Waals surface area contributed by atoms with Gasteiger partial charge in [0.25, 0.3) is 5.24 Å². The molecule has 0 aromatic heterocycles. The Bertz CT molecular complexity index is 571. The van der Waals surface area contributed by atoms with Crippen LogP contribution in [0.1, 0.15) is 22.3 Å². The van der Waals surface area contributed by atoms with Gasteiger partial charge in [-0.05, 0) is 47.8 Å². The molecule has 0 bridgehead atoms. The first-order chi connectivity index (χ1) is 8.91. The Kier molecular flexibility index (Phi) is 3.92. The van der Waals surface area contributed by atoms with Crippen LogP contribution in [0.5, 0.6) is 0 Å². The highest BCUT2D eigenvalue weighted by Gasteiger charge is 2.35. The first-order valence-corrected chi connectivity index (χ1v) is 6.46. The van der Waals surface area contributed by atoms with E-state index >= 15 is 0 Å². The normalized spacial score (nSPS) is 18.8. The Balaban J connectivity index is 2.38. The molecule has 1 unspecified atom stereocenters. The Labute approximate surface area is 120 Å². The molecule has 1 amide bonds. The average molecular weight is 300 g/mol. The third kappa shape index (κ3) is 2.65. The van der Waals surface area contributed by atoms with Crippen molar-refractivity contribution in [2.75, 3.05) is 11.4 Å². The van der Waals surface area contributed by atoms with Crippen LogP contribution >= 0.6 is 23.2 Å². The maximum atomic E-state index is 11.9. The molecule has 0 aliphatic carbocycles. The molecule has 2 rings (SSSR count). The molecule has 100 valence electrons. The zero-order valence-electron chi connectivity index (χ0n) is 10.2. The number of hydrogen-bond donors (Lipinski definition) is 0. The number of rotatable bonds is 3. The molecule has 0 N–H and O–H groups in total. The standard InChI is InChI=1S/C13H11Cl2NO3/c1-7-9(13(15)19)3-2-4-10(7)16-6-8(12(14)18)5-11(16)17/h2-4,8H,5-6H2,1H3. The lowest BCUT2D eigenvalue weighted by atomic mass is 10.1. The van der Waals surface area contributed by atoms with Gasteiger partial charge >= 0.3 is 0 Å². The quantitative estimate of drug-likeness (QED) is 0.806. The van der Waals surface area contributed by atoms with Crippen molar-refractivity contribution in [1.82, 2.24) is 0 Å². The number of halogens is 2. The molecule has 1 aromatic carbocycles. The van der Waals surface area contributed by atoms with E-state index in [9.17, 15) is 14.4 Å². The lowest BCUT2D eigenvalue weighted by molar-refractivity contribution is -0.120. The highest BCUT2D eigenvalue weighted by molar-refractivity contribution is 6.68. The summed E-state index contributed by atoms with van der Waals surface area (Å²) in [6, 6.07) is 4.97. The Morgan fingerprint density at radius 3 is 2.53 bits per heavy atom. The van der Waals surface area contributed by atoms with E-state index in [4.69, 9.17) is 23.2 Å². The van der Waals surface area contributed by atoms with Gasteiger partial charge < -0.3 is 4.90 Å². The Hall–Kier alpha value is -1.39. The molecule has 1 saturated heterocycles. The van der Waals surface area contributed by atoms with E-state index in [1.54, 1.807) is 25.1 Å². The zero-order chi connectivity index (χ0) is 14.2. The summed E-state index contributed by atoms with van der Waals surface area (Å²) >= 11 is 10.9. The van der Waals surface area contributed by atoms with Gasteiger partial charge in [0.1, 0.15) is 0 Å². The van der Waals surface area contributed by atoms with Gasteiger partial charge in [-0.15, -0.1) is 0 Å². The summed E-state index contributed by atoms with van der Waals surface area (Å²) in [5.74, 6) is -0.676. The topological polar surface area (TPSA) is 54.5 Å². The molecule has 6 heteroatoms. The lowest BCUT2D eigenvalue weighted by Crippen LogP contribution is -2.26. The van der Waals surface area contributed by atoms with Crippen molar-refractivity contribution in [3.8, 4) is 0 Å². The van der Waals surface area contributed by atoms with E-state index in [1.807, 2.05) is 0 Å². The van der Waals surface area contributed by atoms with Crippen LogP contribution in [0.3, 0.4) is 0 Å². The molecular weight excluding hydrogens is 289 g/mol. The van der Waals surface area contributed by atoms with Gasteiger partial charge in [0.05, 0.1) is 5.92 Å². The summed E-state index contributed by atoms with van der Waals surface area (Å²) in [5, 5.41) is -1.09. The van der Waals surface area contributed by atoms with Crippen LogP contribution in [0.25, 0.3) is 0 Å². The minimum absolute atomic E-state index is 0.0980. The van der Waals surface area contributed by atoms with Gasteiger partial charge in [0.2, 0.25) is 11.1 Å². The summed E-state index contributed by atoms with van der Waals surface area (Å²) in [4.78, 5) is 35.8. The van der Waals surface area contributed by atoms with E-state index in [-0.39, 0.29) is 18.9 Å². The second kappa shape index (κ2) is 5.31. The number of benzene rings is 1. The molecule has 0 saturated carbocycles. The van der Waals surface area contributed by atoms with Crippen LogP contribution < -0.4 is 4.90 Å². The molecule has 1 heterocycles. The second-order valence-corrected chi connectivity index (χ2v) is 5.15. The van der Waals surface area contributed by atoms with Crippen molar-refractivity contribution >= 4 is 45.3 Å². The Morgan fingerprint density at radius 1 is 1.32 bits per heavy atom. The summed E-state index contributed by atoms with van der Waals surface area (Å²) in [5.41, 5.74) is 1.57. The van der Waals surface area contributed by atoms with Gasteiger partial charge in [-0.3, -0.25) is 14.4 Å². The van der Waals surface area contributed by atoms with Gasteiger partial charge in [0.15, 0.2) is 0 Å². The molecule has 0 radical (unpaired) electrons.